The van der Waals surface area contributed by atoms with Crippen molar-refractivity contribution in [1.82, 2.24) is 0 Å². The fourth-order valence-corrected chi connectivity index (χ4v) is 4.69. The number of aliphatic carboxylic acids is 1. The summed E-state index contributed by atoms with van der Waals surface area (Å²) >= 11 is 3.54. The van der Waals surface area contributed by atoms with E-state index in [9.17, 15) is 9.90 Å². The summed E-state index contributed by atoms with van der Waals surface area (Å²) in [4.78, 5) is 11.8. The van der Waals surface area contributed by atoms with Gasteiger partial charge in [0.2, 0.25) is 0 Å². The van der Waals surface area contributed by atoms with Crippen LogP contribution in [0.3, 0.4) is 0 Å². The first kappa shape index (κ1) is 12.7. The second kappa shape index (κ2) is 4.23. The zero-order valence-corrected chi connectivity index (χ0v) is 12.8. The first-order valence-corrected chi connectivity index (χ1v) is 8.04. The number of carboxylic acids is 1. The zero-order chi connectivity index (χ0) is 13.9. The van der Waals surface area contributed by atoms with E-state index in [1.54, 1.807) is 0 Å². The number of hydrogen-bond donors (Lipinski definition) is 1. The molecule has 2 atom stereocenters. The highest BCUT2D eigenvalue weighted by Gasteiger charge is 2.57. The van der Waals surface area contributed by atoms with E-state index >= 15 is 0 Å². The zero-order valence-electron chi connectivity index (χ0n) is 11.2. The molecule has 0 aromatic heterocycles. The molecular weight excluding hydrogens is 320 g/mol. The van der Waals surface area contributed by atoms with Gasteiger partial charge in [-0.05, 0) is 60.8 Å². The van der Waals surface area contributed by atoms with E-state index in [0.717, 1.165) is 35.0 Å². The van der Waals surface area contributed by atoms with Crippen molar-refractivity contribution in [3.63, 3.8) is 0 Å². The Kier molecular flexibility index (Phi) is 2.69. The highest BCUT2D eigenvalue weighted by molar-refractivity contribution is 9.10. The van der Waals surface area contributed by atoms with Gasteiger partial charge in [-0.1, -0.05) is 15.9 Å². The minimum absolute atomic E-state index is 0.561. The molecule has 106 valence electrons. The monoisotopic (exact) mass is 336 g/mol. The smallest absolute Gasteiger partial charge is 0.309 e. The Bertz CT molecular complexity index is 586. The van der Waals surface area contributed by atoms with Gasteiger partial charge >= 0.3 is 5.97 Å². The van der Waals surface area contributed by atoms with Crippen molar-refractivity contribution in [3.8, 4) is 5.75 Å². The second-order valence-electron chi connectivity index (χ2n) is 6.58. The summed E-state index contributed by atoms with van der Waals surface area (Å²) < 4.78 is 6.77. The molecule has 0 bridgehead atoms. The highest BCUT2D eigenvalue weighted by Crippen LogP contribution is 2.61. The molecule has 20 heavy (non-hydrogen) atoms. The Morgan fingerprint density at radius 2 is 2.15 bits per heavy atom. The molecule has 4 rings (SSSR count). The molecule has 1 aliphatic heterocycles. The van der Waals surface area contributed by atoms with Gasteiger partial charge in [-0.25, -0.2) is 0 Å². The number of benzene rings is 1. The largest absolute Gasteiger partial charge is 0.493 e. The summed E-state index contributed by atoms with van der Waals surface area (Å²) in [7, 11) is 0. The predicted octanol–water partition coefficient (Wildman–Crippen LogP) is 3.43. The quantitative estimate of drug-likeness (QED) is 0.919. The van der Waals surface area contributed by atoms with Crippen LogP contribution in [-0.4, -0.2) is 17.7 Å². The normalized spacial score (nSPS) is 33.5. The summed E-state index contributed by atoms with van der Waals surface area (Å²) in [5, 5.41) is 9.73. The van der Waals surface area contributed by atoms with Gasteiger partial charge in [0.1, 0.15) is 5.75 Å². The topological polar surface area (TPSA) is 46.5 Å². The molecule has 4 heteroatoms. The average molecular weight is 337 g/mol. The third-order valence-corrected chi connectivity index (χ3v) is 5.64. The van der Waals surface area contributed by atoms with Gasteiger partial charge in [0.15, 0.2) is 0 Å². The SMILES string of the molecule is O=C(O)C1(Cc2cc(Br)cc3c2OCC3)CC2CC2C1. The fraction of sp³-hybridized carbons (Fsp3) is 0.562. The van der Waals surface area contributed by atoms with Crippen molar-refractivity contribution < 1.29 is 14.6 Å². The van der Waals surface area contributed by atoms with E-state index < -0.39 is 11.4 Å². The number of fused-ring (bicyclic) bond motifs is 2. The molecule has 2 saturated carbocycles. The maximum atomic E-state index is 11.8. The Morgan fingerprint density at radius 1 is 1.40 bits per heavy atom. The van der Waals surface area contributed by atoms with Crippen molar-refractivity contribution in [2.75, 3.05) is 6.61 Å². The molecule has 1 N–H and O–H groups in total. The molecular formula is C16H17BrO3. The van der Waals surface area contributed by atoms with Crippen LogP contribution in [-0.2, 0) is 17.6 Å². The van der Waals surface area contributed by atoms with E-state index in [1.165, 1.54) is 12.0 Å². The van der Waals surface area contributed by atoms with Crippen LogP contribution in [0.4, 0.5) is 0 Å². The molecule has 3 aliphatic rings. The molecule has 0 radical (unpaired) electrons. The van der Waals surface area contributed by atoms with Crippen molar-refractivity contribution >= 4 is 21.9 Å². The van der Waals surface area contributed by atoms with Gasteiger partial charge in [0.05, 0.1) is 12.0 Å². The number of ether oxygens (including phenoxy) is 1. The van der Waals surface area contributed by atoms with Crippen molar-refractivity contribution in [1.29, 1.82) is 0 Å². The van der Waals surface area contributed by atoms with Gasteiger partial charge in [0.25, 0.3) is 0 Å². The summed E-state index contributed by atoms with van der Waals surface area (Å²) in [5.74, 6) is 1.63. The molecule has 0 spiro atoms. The van der Waals surface area contributed by atoms with Gasteiger partial charge in [-0.3, -0.25) is 4.79 Å². The number of hydrogen-bond acceptors (Lipinski definition) is 2. The van der Waals surface area contributed by atoms with Gasteiger partial charge in [-0.15, -0.1) is 0 Å². The van der Waals surface area contributed by atoms with Crippen LogP contribution in [0.5, 0.6) is 5.75 Å². The highest BCUT2D eigenvalue weighted by atomic mass is 79.9. The number of carboxylic acid groups (broad SMARTS) is 1. The summed E-state index contributed by atoms with van der Waals surface area (Å²) in [6.07, 6.45) is 4.45. The van der Waals surface area contributed by atoms with Crippen LogP contribution >= 0.6 is 15.9 Å². The summed E-state index contributed by atoms with van der Waals surface area (Å²) in [6, 6.07) is 4.13. The van der Waals surface area contributed by atoms with E-state index in [4.69, 9.17) is 4.74 Å². The fourth-order valence-electron chi connectivity index (χ4n) is 4.13. The Morgan fingerprint density at radius 3 is 2.85 bits per heavy atom. The maximum absolute atomic E-state index is 11.8. The first-order chi connectivity index (χ1) is 9.57. The standard InChI is InChI=1S/C16H17BrO3/c17-13-4-9-1-2-20-14(9)12(5-13)8-16(15(18)19)6-10-3-11(10)7-16/h4-5,10-11H,1-3,6-8H2,(H,18,19). The van der Waals surface area contributed by atoms with Crippen LogP contribution in [0, 0.1) is 17.3 Å². The van der Waals surface area contributed by atoms with Gasteiger partial charge < -0.3 is 9.84 Å². The number of rotatable bonds is 3. The Balaban J connectivity index is 1.70. The number of carbonyl (C=O) groups is 1. The third-order valence-electron chi connectivity index (χ3n) is 5.18. The lowest BCUT2D eigenvalue weighted by Crippen LogP contribution is -2.32. The van der Waals surface area contributed by atoms with Gasteiger partial charge in [-0.2, -0.15) is 0 Å². The minimum atomic E-state index is -0.628. The molecule has 0 amide bonds. The van der Waals surface area contributed by atoms with E-state index in [-0.39, 0.29) is 0 Å². The molecule has 2 unspecified atom stereocenters. The third kappa shape index (κ3) is 1.88. The molecule has 3 nitrogen and oxygen atoms in total. The average Bonchev–Trinajstić information content (AvgIpc) is 2.83. The minimum Gasteiger partial charge on any atom is -0.493 e. The van der Waals surface area contributed by atoms with Gasteiger partial charge in [0, 0.05) is 10.9 Å². The predicted molar refractivity (Wildman–Crippen MR) is 77.9 cm³/mol. The van der Waals surface area contributed by atoms with Crippen LogP contribution in [0.1, 0.15) is 30.4 Å². The Labute approximate surface area is 126 Å². The molecule has 2 aliphatic carbocycles. The lowest BCUT2D eigenvalue weighted by molar-refractivity contribution is -0.149. The first-order valence-electron chi connectivity index (χ1n) is 7.25. The van der Waals surface area contributed by atoms with E-state index in [1.807, 2.05) is 6.07 Å². The Hall–Kier alpha value is -1.03. The van der Waals surface area contributed by atoms with Crippen LogP contribution in [0.2, 0.25) is 0 Å². The molecule has 1 aromatic rings. The lowest BCUT2D eigenvalue weighted by atomic mass is 9.77. The van der Waals surface area contributed by atoms with Crippen molar-refractivity contribution in [3.05, 3.63) is 27.7 Å². The van der Waals surface area contributed by atoms with E-state index in [2.05, 4.69) is 22.0 Å². The summed E-state index contributed by atoms with van der Waals surface area (Å²) in [5.41, 5.74) is 1.71. The van der Waals surface area contributed by atoms with Crippen LogP contribution in [0.15, 0.2) is 16.6 Å². The maximum Gasteiger partial charge on any atom is 0.309 e. The van der Waals surface area contributed by atoms with Crippen molar-refractivity contribution in [2.24, 2.45) is 17.3 Å². The molecule has 1 heterocycles. The molecule has 2 fully saturated rings. The lowest BCUT2D eigenvalue weighted by Gasteiger charge is -2.27. The summed E-state index contributed by atoms with van der Waals surface area (Å²) in [6.45, 7) is 0.712. The van der Waals surface area contributed by atoms with E-state index in [0.29, 0.717) is 24.9 Å². The second-order valence-corrected chi connectivity index (χ2v) is 7.49. The molecule has 1 aromatic carbocycles. The number of halogens is 1. The molecule has 0 saturated heterocycles. The van der Waals surface area contributed by atoms with Crippen molar-refractivity contribution in [2.45, 2.75) is 32.1 Å². The van der Waals surface area contributed by atoms with Crippen LogP contribution in [0.25, 0.3) is 0 Å². The van der Waals surface area contributed by atoms with Crippen LogP contribution < -0.4 is 4.74 Å².